The lowest BCUT2D eigenvalue weighted by Gasteiger charge is -2.58. The number of nitrogens with zero attached hydrogens (tertiary/aromatic N) is 1. The summed E-state index contributed by atoms with van der Waals surface area (Å²) in [6.07, 6.45) is 19.3. The number of allylic oxidation sites excluding steroid dienone is 1. The number of rotatable bonds is 16. The Labute approximate surface area is 269 Å². The molecule has 8 atom stereocenters. The lowest BCUT2D eigenvalue weighted by molar-refractivity contribution is -0.153. The molecular weight excluding hydrogens is 546 g/mol. The second-order valence-electron chi connectivity index (χ2n) is 16.2. The van der Waals surface area contributed by atoms with Crippen molar-refractivity contribution in [2.24, 2.45) is 57.8 Å². The summed E-state index contributed by atoms with van der Waals surface area (Å²) in [5.74, 6) is 4.78. The molecule has 0 bridgehead atoms. The summed E-state index contributed by atoms with van der Waals surface area (Å²) < 4.78 is 6.02. The molecule has 0 saturated heterocycles. The summed E-state index contributed by atoms with van der Waals surface area (Å²) in [4.78, 5) is 27.6. The molecule has 0 aromatic heterocycles. The molecule has 0 aliphatic heterocycles. The van der Waals surface area contributed by atoms with Crippen molar-refractivity contribution in [1.82, 2.24) is 4.90 Å². The van der Waals surface area contributed by atoms with Crippen molar-refractivity contribution in [3.63, 3.8) is 0 Å². The maximum absolute atomic E-state index is 12.9. The van der Waals surface area contributed by atoms with Gasteiger partial charge in [-0.15, -0.1) is 0 Å². The highest BCUT2D eigenvalue weighted by molar-refractivity contribution is 5.81. The number of amides is 1. The topological polar surface area (TPSA) is 98.7 Å². The van der Waals surface area contributed by atoms with E-state index in [2.05, 4.69) is 40.7 Å². The highest BCUT2D eigenvalue weighted by Crippen LogP contribution is 2.67. The summed E-state index contributed by atoms with van der Waals surface area (Å²) in [5, 5.41) is 0. The van der Waals surface area contributed by atoms with Gasteiger partial charge in [-0.2, -0.15) is 0 Å². The molecule has 6 heteroatoms. The molecule has 0 spiro atoms. The monoisotopic (exact) mass is 614 g/mol. The van der Waals surface area contributed by atoms with Crippen LogP contribution < -0.4 is 11.5 Å². The number of hydrogen-bond donors (Lipinski definition) is 2. The molecule has 252 valence electrons. The number of unbranched alkanes of at least 4 members (excludes halogenated alkanes) is 1. The summed E-state index contributed by atoms with van der Waals surface area (Å²) in [7, 11) is 0. The fraction of sp³-hybridized carbons (Fsp3) is 0.895. The third-order valence-corrected chi connectivity index (χ3v) is 13.0. The quantitative estimate of drug-likeness (QED) is 0.106. The number of fused-ring (bicyclic) bond motifs is 5. The van der Waals surface area contributed by atoms with Crippen molar-refractivity contribution in [2.75, 3.05) is 26.2 Å². The van der Waals surface area contributed by atoms with Crippen LogP contribution in [0.3, 0.4) is 0 Å². The first-order chi connectivity index (χ1) is 21.0. The third-order valence-electron chi connectivity index (χ3n) is 13.0. The van der Waals surface area contributed by atoms with Crippen LogP contribution in [0.5, 0.6) is 0 Å². The molecule has 0 radical (unpaired) electrons. The summed E-state index contributed by atoms with van der Waals surface area (Å²) >= 11 is 0. The fourth-order valence-electron chi connectivity index (χ4n) is 10.5. The maximum atomic E-state index is 12.9. The molecular formula is C38H67N3O3. The van der Waals surface area contributed by atoms with Gasteiger partial charge in [0, 0.05) is 25.9 Å². The molecule has 1 amide bonds. The Balaban J connectivity index is 1.30. The van der Waals surface area contributed by atoms with Crippen molar-refractivity contribution in [1.29, 1.82) is 0 Å². The van der Waals surface area contributed by atoms with Crippen molar-refractivity contribution in [2.45, 2.75) is 143 Å². The summed E-state index contributed by atoms with van der Waals surface area (Å²) in [6.45, 7) is 15.0. The number of carbonyl (C=O) groups is 2. The number of carbonyl (C=O) groups excluding carboxylic acids is 2. The minimum atomic E-state index is -0.227. The molecule has 6 nitrogen and oxygen atoms in total. The Morgan fingerprint density at radius 1 is 0.909 bits per heavy atom. The van der Waals surface area contributed by atoms with Gasteiger partial charge in [0.1, 0.15) is 6.10 Å². The normalized spacial score (nSPS) is 33.6. The predicted molar refractivity (Wildman–Crippen MR) is 181 cm³/mol. The van der Waals surface area contributed by atoms with Gasteiger partial charge in [-0.1, -0.05) is 65.5 Å². The Kier molecular flexibility index (Phi) is 12.8. The zero-order valence-electron chi connectivity index (χ0n) is 29.1. The zero-order valence-corrected chi connectivity index (χ0v) is 29.1. The molecule has 3 fully saturated rings. The highest BCUT2D eigenvalue weighted by Gasteiger charge is 2.59. The van der Waals surface area contributed by atoms with E-state index in [9.17, 15) is 9.59 Å². The standard InChI is InChI=1S/C38H67N3O3/c1-27(2)10-8-11-28(3)32-14-15-33-31-13-12-29-26-30(18-20-37(29,4)34(31)19-21-38(32,33)5)44-36(43)17-16-35(42)41(25-9-23-40)24-7-6-22-39/h12,27-28,30-34H,6-11,13-26,39-40H2,1-5H3/t28-,30+,31+,32-,33+,34+,37?,38?/m1/s1. The smallest absolute Gasteiger partial charge is 0.306 e. The van der Waals surface area contributed by atoms with Gasteiger partial charge in [-0.25, -0.2) is 0 Å². The molecule has 4 rings (SSSR count). The van der Waals surface area contributed by atoms with Gasteiger partial charge in [-0.05, 0) is 124 Å². The van der Waals surface area contributed by atoms with E-state index >= 15 is 0 Å². The van der Waals surface area contributed by atoms with Crippen LogP contribution in [0.2, 0.25) is 0 Å². The van der Waals surface area contributed by atoms with E-state index in [0.29, 0.717) is 31.6 Å². The Morgan fingerprint density at radius 3 is 2.39 bits per heavy atom. The summed E-state index contributed by atoms with van der Waals surface area (Å²) in [5.41, 5.74) is 13.6. The number of hydrogen-bond acceptors (Lipinski definition) is 5. The minimum Gasteiger partial charge on any atom is -0.462 e. The van der Waals surface area contributed by atoms with Gasteiger partial charge in [-0.3, -0.25) is 9.59 Å². The predicted octanol–water partition coefficient (Wildman–Crippen LogP) is 7.64. The van der Waals surface area contributed by atoms with E-state index in [1.807, 2.05) is 4.90 Å². The third kappa shape index (κ3) is 8.11. The van der Waals surface area contributed by atoms with Crippen LogP contribution in [0.4, 0.5) is 0 Å². The van der Waals surface area contributed by atoms with Crippen molar-refractivity contribution in [3.8, 4) is 0 Å². The molecule has 4 aliphatic rings. The average molecular weight is 614 g/mol. The summed E-state index contributed by atoms with van der Waals surface area (Å²) in [6, 6.07) is 0. The fourth-order valence-corrected chi connectivity index (χ4v) is 10.5. The molecule has 4 aliphatic carbocycles. The Morgan fingerprint density at radius 2 is 1.66 bits per heavy atom. The zero-order chi connectivity index (χ0) is 31.9. The van der Waals surface area contributed by atoms with Crippen LogP contribution in [0.15, 0.2) is 11.6 Å². The molecule has 4 N–H and O–H groups in total. The van der Waals surface area contributed by atoms with Crippen molar-refractivity contribution >= 4 is 11.9 Å². The van der Waals surface area contributed by atoms with E-state index in [1.165, 1.54) is 51.4 Å². The second-order valence-corrected chi connectivity index (χ2v) is 16.2. The first-order valence-electron chi connectivity index (χ1n) is 18.6. The largest absolute Gasteiger partial charge is 0.462 e. The number of ether oxygens (including phenoxy) is 1. The van der Waals surface area contributed by atoms with Crippen molar-refractivity contribution in [3.05, 3.63) is 11.6 Å². The number of esters is 1. The molecule has 2 unspecified atom stereocenters. The SMILES string of the molecule is CC(C)CCC[C@@H](C)[C@H]1CC[C@H]2[C@@H]3CC=C4C[C@@H](OC(=O)CCC(=O)N(CCCN)CCCCN)CCC4(C)[C@H]3CCC12C. The van der Waals surface area contributed by atoms with Gasteiger partial charge >= 0.3 is 5.97 Å². The van der Waals surface area contributed by atoms with Crippen LogP contribution in [0.25, 0.3) is 0 Å². The van der Waals surface area contributed by atoms with Gasteiger partial charge in [0.05, 0.1) is 6.42 Å². The van der Waals surface area contributed by atoms with Gasteiger partial charge in [0.15, 0.2) is 0 Å². The first kappa shape index (κ1) is 35.5. The van der Waals surface area contributed by atoms with Gasteiger partial charge in [0.2, 0.25) is 5.91 Å². The molecule has 0 heterocycles. The van der Waals surface area contributed by atoms with E-state index in [4.69, 9.17) is 16.2 Å². The lowest BCUT2D eigenvalue weighted by atomic mass is 9.47. The lowest BCUT2D eigenvalue weighted by Crippen LogP contribution is -2.51. The average Bonchev–Trinajstić information content (AvgIpc) is 3.35. The van der Waals surface area contributed by atoms with Crippen LogP contribution >= 0.6 is 0 Å². The van der Waals surface area contributed by atoms with Gasteiger partial charge < -0.3 is 21.1 Å². The molecule has 3 saturated carbocycles. The second kappa shape index (κ2) is 15.9. The van der Waals surface area contributed by atoms with E-state index in [1.54, 1.807) is 5.57 Å². The van der Waals surface area contributed by atoms with E-state index in [0.717, 1.165) is 74.0 Å². The van der Waals surface area contributed by atoms with Crippen LogP contribution in [-0.4, -0.2) is 49.1 Å². The van der Waals surface area contributed by atoms with E-state index < -0.39 is 0 Å². The molecule has 44 heavy (non-hydrogen) atoms. The van der Waals surface area contributed by atoms with E-state index in [-0.39, 0.29) is 36.2 Å². The maximum Gasteiger partial charge on any atom is 0.306 e. The molecule has 0 aromatic carbocycles. The number of nitrogens with two attached hydrogens (primary N) is 2. The minimum absolute atomic E-state index is 0.0214. The van der Waals surface area contributed by atoms with Crippen LogP contribution in [-0.2, 0) is 14.3 Å². The van der Waals surface area contributed by atoms with Gasteiger partial charge in [0.25, 0.3) is 0 Å². The van der Waals surface area contributed by atoms with Crippen LogP contribution in [0.1, 0.15) is 137 Å². The first-order valence-corrected chi connectivity index (χ1v) is 18.6. The Hall–Kier alpha value is -1.40. The Bertz CT molecular complexity index is 980. The molecule has 0 aromatic rings. The van der Waals surface area contributed by atoms with Crippen LogP contribution in [0, 0.1) is 46.3 Å². The highest BCUT2D eigenvalue weighted by atomic mass is 16.5. The van der Waals surface area contributed by atoms with Crippen molar-refractivity contribution < 1.29 is 14.3 Å².